The van der Waals surface area contributed by atoms with Gasteiger partial charge in [0.05, 0.1) is 18.0 Å². The molecule has 0 radical (unpaired) electrons. The van der Waals surface area contributed by atoms with Crippen molar-refractivity contribution >= 4 is 21.6 Å². The lowest BCUT2D eigenvalue weighted by Gasteiger charge is -2.24. The molecule has 0 aliphatic heterocycles. The molecule has 1 N–H and O–H groups in total. The predicted octanol–water partition coefficient (Wildman–Crippen LogP) is 3.90. The quantitative estimate of drug-likeness (QED) is 0.728. The van der Waals surface area contributed by atoms with Gasteiger partial charge in [-0.15, -0.1) is 0 Å². The van der Waals surface area contributed by atoms with Crippen molar-refractivity contribution in [1.82, 2.24) is 5.32 Å². The van der Waals surface area contributed by atoms with E-state index in [9.17, 15) is 13.2 Å². The molecular weight excluding hydrogens is 372 g/mol. The maximum absolute atomic E-state index is 12.7. The first-order chi connectivity index (χ1) is 13.2. The Bertz CT molecular complexity index is 921. The van der Waals surface area contributed by atoms with Gasteiger partial charge in [0.1, 0.15) is 6.54 Å². The van der Waals surface area contributed by atoms with Gasteiger partial charge >= 0.3 is 0 Å². The molecule has 2 aromatic carbocycles. The Balaban J connectivity index is 2.19. The van der Waals surface area contributed by atoms with Crippen molar-refractivity contribution in [2.24, 2.45) is 0 Å². The van der Waals surface area contributed by atoms with E-state index >= 15 is 0 Å². The molecule has 0 saturated heterocycles. The minimum absolute atomic E-state index is 0.157. The summed E-state index contributed by atoms with van der Waals surface area (Å²) < 4.78 is 25.7. The smallest absolute Gasteiger partial charge is 0.241 e. The lowest BCUT2D eigenvalue weighted by Crippen LogP contribution is -2.41. The Morgan fingerprint density at radius 2 is 1.68 bits per heavy atom. The molecule has 1 atom stereocenters. The second-order valence-electron chi connectivity index (χ2n) is 7.16. The molecule has 0 bridgehead atoms. The van der Waals surface area contributed by atoms with Crippen molar-refractivity contribution in [1.29, 1.82) is 0 Å². The Morgan fingerprint density at radius 3 is 2.18 bits per heavy atom. The van der Waals surface area contributed by atoms with Crippen LogP contribution in [-0.4, -0.2) is 27.1 Å². The van der Waals surface area contributed by atoms with Gasteiger partial charge in [-0.2, -0.15) is 0 Å². The van der Waals surface area contributed by atoms with Crippen molar-refractivity contribution in [3.05, 3.63) is 64.7 Å². The van der Waals surface area contributed by atoms with Gasteiger partial charge in [-0.25, -0.2) is 8.42 Å². The Labute approximate surface area is 168 Å². The molecule has 0 saturated carbocycles. The van der Waals surface area contributed by atoms with Crippen LogP contribution in [0.5, 0.6) is 0 Å². The average molecular weight is 403 g/mol. The van der Waals surface area contributed by atoms with Gasteiger partial charge in [0, 0.05) is 0 Å². The summed E-state index contributed by atoms with van der Waals surface area (Å²) in [7, 11) is -3.58. The van der Waals surface area contributed by atoms with Crippen LogP contribution in [0.15, 0.2) is 42.5 Å². The number of anilines is 1. The highest BCUT2D eigenvalue weighted by atomic mass is 32.2. The van der Waals surface area contributed by atoms with Crippen LogP contribution < -0.4 is 9.62 Å². The standard InChI is InChI=1S/C22H30N2O3S/c1-6-18-9-12-20(13-10-18)24(28(5,26)27)15-22(25)23-21(7-2)19-11-8-16(3)17(4)14-19/h8-14,21H,6-7,15H2,1-5H3,(H,23,25)/t21-/m1/s1. The first kappa shape index (κ1) is 22.0. The minimum Gasteiger partial charge on any atom is -0.348 e. The van der Waals surface area contributed by atoms with Crippen molar-refractivity contribution < 1.29 is 13.2 Å². The number of sulfonamides is 1. The number of nitrogens with zero attached hydrogens (tertiary/aromatic N) is 1. The monoisotopic (exact) mass is 402 g/mol. The van der Waals surface area contributed by atoms with E-state index < -0.39 is 10.0 Å². The number of carbonyl (C=O) groups excluding carboxylic acids is 1. The summed E-state index contributed by atoms with van der Waals surface area (Å²) in [5.41, 5.74) is 5.00. The molecule has 0 aliphatic carbocycles. The molecule has 5 nitrogen and oxygen atoms in total. The summed E-state index contributed by atoms with van der Waals surface area (Å²) in [4.78, 5) is 12.7. The molecule has 152 valence electrons. The van der Waals surface area contributed by atoms with Gasteiger partial charge < -0.3 is 5.32 Å². The van der Waals surface area contributed by atoms with Crippen molar-refractivity contribution in [2.45, 2.75) is 46.6 Å². The fourth-order valence-corrected chi connectivity index (χ4v) is 3.93. The zero-order chi connectivity index (χ0) is 20.9. The number of hydrogen-bond acceptors (Lipinski definition) is 3. The van der Waals surface area contributed by atoms with E-state index in [1.165, 1.54) is 11.1 Å². The number of carbonyl (C=O) groups is 1. The number of amides is 1. The second-order valence-corrected chi connectivity index (χ2v) is 9.07. The average Bonchev–Trinajstić information content (AvgIpc) is 2.65. The number of nitrogens with one attached hydrogen (secondary N) is 1. The molecule has 0 aliphatic rings. The van der Waals surface area contributed by atoms with Gasteiger partial charge in [0.2, 0.25) is 15.9 Å². The molecule has 28 heavy (non-hydrogen) atoms. The molecule has 0 aromatic heterocycles. The van der Waals surface area contributed by atoms with Crippen LogP contribution in [0.1, 0.15) is 48.6 Å². The third kappa shape index (κ3) is 5.58. The maximum atomic E-state index is 12.7. The molecule has 0 fully saturated rings. The van der Waals surface area contributed by atoms with Crippen LogP contribution in [0.2, 0.25) is 0 Å². The molecule has 0 unspecified atom stereocenters. The molecule has 2 rings (SSSR count). The lowest BCUT2D eigenvalue weighted by atomic mass is 9.99. The SMILES string of the molecule is CCc1ccc(N(CC(=O)N[C@H](CC)c2ccc(C)c(C)c2)S(C)(=O)=O)cc1. The topological polar surface area (TPSA) is 66.5 Å². The molecule has 2 aromatic rings. The van der Waals surface area contributed by atoms with Crippen molar-refractivity contribution in [3.63, 3.8) is 0 Å². The first-order valence-corrected chi connectivity index (χ1v) is 11.4. The molecule has 0 spiro atoms. The highest BCUT2D eigenvalue weighted by molar-refractivity contribution is 7.92. The van der Waals surface area contributed by atoms with Crippen LogP contribution in [-0.2, 0) is 21.2 Å². The molecule has 0 heterocycles. The fraction of sp³-hybridized carbons (Fsp3) is 0.409. The van der Waals surface area contributed by atoms with Crippen LogP contribution in [0.25, 0.3) is 0 Å². The van der Waals surface area contributed by atoms with Crippen molar-refractivity contribution in [2.75, 3.05) is 17.1 Å². The van der Waals surface area contributed by atoms with E-state index in [2.05, 4.69) is 11.4 Å². The summed E-state index contributed by atoms with van der Waals surface area (Å²) in [5, 5.41) is 2.98. The lowest BCUT2D eigenvalue weighted by molar-refractivity contribution is -0.120. The molecule has 6 heteroatoms. The van der Waals surface area contributed by atoms with E-state index in [1.807, 2.05) is 52.0 Å². The number of rotatable bonds is 8. The van der Waals surface area contributed by atoms with Gasteiger partial charge in [-0.3, -0.25) is 9.10 Å². The Hall–Kier alpha value is -2.34. The van der Waals surface area contributed by atoms with Crippen LogP contribution in [0.3, 0.4) is 0 Å². The van der Waals surface area contributed by atoms with Crippen LogP contribution in [0, 0.1) is 13.8 Å². The number of hydrogen-bond donors (Lipinski definition) is 1. The largest absolute Gasteiger partial charge is 0.348 e. The van der Waals surface area contributed by atoms with E-state index in [-0.39, 0.29) is 18.5 Å². The normalized spacial score (nSPS) is 12.5. The summed E-state index contributed by atoms with van der Waals surface area (Å²) in [5.74, 6) is -0.324. The zero-order valence-corrected chi connectivity index (χ0v) is 18.1. The van der Waals surface area contributed by atoms with Crippen LogP contribution >= 0.6 is 0 Å². The van der Waals surface area contributed by atoms with Crippen LogP contribution in [0.4, 0.5) is 5.69 Å². The van der Waals surface area contributed by atoms with E-state index in [0.29, 0.717) is 5.69 Å². The summed E-state index contributed by atoms with van der Waals surface area (Å²) in [6.45, 7) is 7.88. The molecular formula is C22H30N2O3S. The highest BCUT2D eigenvalue weighted by Gasteiger charge is 2.22. The summed E-state index contributed by atoms with van der Waals surface area (Å²) >= 11 is 0. The molecule has 1 amide bonds. The van der Waals surface area contributed by atoms with Gasteiger partial charge in [-0.05, 0) is 61.1 Å². The van der Waals surface area contributed by atoms with Gasteiger partial charge in [0.25, 0.3) is 0 Å². The second kappa shape index (κ2) is 9.24. The number of aryl methyl sites for hydroxylation is 3. The third-order valence-corrected chi connectivity index (χ3v) is 6.14. The Morgan fingerprint density at radius 1 is 1.04 bits per heavy atom. The van der Waals surface area contributed by atoms with Gasteiger partial charge in [-0.1, -0.05) is 44.2 Å². The fourth-order valence-electron chi connectivity index (χ4n) is 3.07. The van der Waals surface area contributed by atoms with Crippen molar-refractivity contribution in [3.8, 4) is 0 Å². The predicted molar refractivity (Wildman–Crippen MR) is 115 cm³/mol. The van der Waals surface area contributed by atoms with Gasteiger partial charge in [0.15, 0.2) is 0 Å². The third-order valence-electron chi connectivity index (χ3n) is 5.00. The van der Waals surface area contributed by atoms with E-state index in [1.54, 1.807) is 12.1 Å². The van der Waals surface area contributed by atoms with E-state index in [0.717, 1.165) is 34.5 Å². The highest BCUT2D eigenvalue weighted by Crippen LogP contribution is 2.21. The number of benzene rings is 2. The summed E-state index contributed by atoms with van der Waals surface area (Å²) in [6.07, 6.45) is 2.71. The summed E-state index contributed by atoms with van der Waals surface area (Å²) in [6, 6.07) is 13.2. The zero-order valence-electron chi connectivity index (χ0n) is 17.3. The maximum Gasteiger partial charge on any atom is 0.241 e. The van der Waals surface area contributed by atoms with E-state index in [4.69, 9.17) is 0 Å². The first-order valence-electron chi connectivity index (χ1n) is 9.58. The minimum atomic E-state index is -3.58. The Kier molecular flexibility index (Phi) is 7.24.